The Bertz CT molecular complexity index is 332. The van der Waals surface area contributed by atoms with Crippen molar-refractivity contribution in [2.45, 2.75) is 51.2 Å². The van der Waals surface area contributed by atoms with Crippen molar-refractivity contribution in [1.29, 1.82) is 0 Å². The number of hydrogen-bond donors (Lipinski definition) is 2. The van der Waals surface area contributed by atoms with Gasteiger partial charge in [-0.3, -0.25) is 4.79 Å². The largest absolute Gasteiger partial charge is 0.391 e. The van der Waals surface area contributed by atoms with Crippen LogP contribution in [0.3, 0.4) is 0 Å². The van der Waals surface area contributed by atoms with Crippen molar-refractivity contribution in [2.24, 2.45) is 17.8 Å². The van der Waals surface area contributed by atoms with Crippen molar-refractivity contribution in [1.82, 2.24) is 10.6 Å². The standard InChI is InChI=1S/C14H23F3N2O/c1-9(11-6-7-18-8-11)19-13(20)10-2-4-12(5-3-10)14(15,16)17/h9-12,18H,2-8H2,1H3,(H,19,20). The molecule has 1 saturated carbocycles. The van der Waals surface area contributed by atoms with Crippen molar-refractivity contribution in [3.05, 3.63) is 0 Å². The zero-order valence-corrected chi connectivity index (χ0v) is 11.8. The van der Waals surface area contributed by atoms with Crippen LogP contribution in [0.1, 0.15) is 39.0 Å². The van der Waals surface area contributed by atoms with Crippen molar-refractivity contribution in [3.8, 4) is 0 Å². The fourth-order valence-electron chi connectivity index (χ4n) is 3.25. The first kappa shape index (κ1) is 15.6. The minimum Gasteiger partial charge on any atom is -0.353 e. The molecule has 6 heteroatoms. The van der Waals surface area contributed by atoms with Crippen LogP contribution in [0.25, 0.3) is 0 Å². The normalized spacial score (nSPS) is 32.9. The van der Waals surface area contributed by atoms with E-state index in [1.807, 2.05) is 6.92 Å². The van der Waals surface area contributed by atoms with Gasteiger partial charge in [0.05, 0.1) is 5.92 Å². The molecule has 2 aliphatic rings. The number of rotatable bonds is 3. The first-order chi connectivity index (χ1) is 9.38. The van der Waals surface area contributed by atoms with Gasteiger partial charge in [0.25, 0.3) is 0 Å². The summed E-state index contributed by atoms with van der Waals surface area (Å²) in [5, 5.41) is 6.24. The van der Waals surface area contributed by atoms with Crippen LogP contribution in [-0.4, -0.2) is 31.2 Å². The number of alkyl halides is 3. The first-order valence-electron chi connectivity index (χ1n) is 7.45. The van der Waals surface area contributed by atoms with Gasteiger partial charge in [-0.05, 0) is 58.0 Å². The van der Waals surface area contributed by atoms with Crippen LogP contribution >= 0.6 is 0 Å². The van der Waals surface area contributed by atoms with Gasteiger partial charge >= 0.3 is 6.18 Å². The van der Waals surface area contributed by atoms with E-state index in [0.717, 1.165) is 19.5 Å². The lowest BCUT2D eigenvalue weighted by atomic mass is 9.81. The summed E-state index contributed by atoms with van der Waals surface area (Å²) in [5.74, 6) is -1.09. The van der Waals surface area contributed by atoms with E-state index in [0.29, 0.717) is 18.8 Å². The van der Waals surface area contributed by atoms with Gasteiger partial charge in [0.1, 0.15) is 0 Å². The van der Waals surface area contributed by atoms with Crippen LogP contribution in [0.5, 0.6) is 0 Å². The molecular weight excluding hydrogens is 269 g/mol. The summed E-state index contributed by atoms with van der Waals surface area (Å²) in [4.78, 5) is 12.1. The van der Waals surface area contributed by atoms with Crippen LogP contribution in [-0.2, 0) is 4.79 Å². The Morgan fingerprint density at radius 1 is 1.20 bits per heavy atom. The summed E-state index contributed by atoms with van der Waals surface area (Å²) in [6.07, 6.45) is -2.19. The smallest absolute Gasteiger partial charge is 0.353 e. The summed E-state index contributed by atoms with van der Waals surface area (Å²) >= 11 is 0. The molecule has 0 bridgehead atoms. The van der Waals surface area contributed by atoms with Gasteiger partial charge in [-0.25, -0.2) is 0 Å². The Kier molecular flexibility index (Phi) is 4.94. The lowest BCUT2D eigenvalue weighted by molar-refractivity contribution is -0.184. The maximum absolute atomic E-state index is 12.6. The molecule has 2 atom stereocenters. The number of hydrogen-bond acceptors (Lipinski definition) is 2. The molecule has 0 aromatic rings. The third-order valence-corrected chi connectivity index (χ3v) is 4.74. The highest BCUT2D eigenvalue weighted by Crippen LogP contribution is 2.39. The predicted molar refractivity (Wildman–Crippen MR) is 70.1 cm³/mol. The molecule has 1 saturated heterocycles. The van der Waals surface area contributed by atoms with E-state index in [2.05, 4.69) is 10.6 Å². The Morgan fingerprint density at radius 2 is 1.85 bits per heavy atom. The van der Waals surface area contributed by atoms with Crippen molar-refractivity contribution in [2.75, 3.05) is 13.1 Å². The first-order valence-corrected chi connectivity index (χ1v) is 7.45. The maximum atomic E-state index is 12.6. The van der Waals surface area contributed by atoms with Crippen molar-refractivity contribution >= 4 is 5.91 Å². The van der Waals surface area contributed by atoms with Gasteiger partial charge in [0.2, 0.25) is 5.91 Å². The molecule has 1 heterocycles. The number of carbonyl (C=O) groups is 1. The topological polar surface area (TPSA) is 41.1 Å². The molecule has 3 nitrogen and oxygen atoms in total. The van der Waals surface area contributed by atoms with Crippen molar-refractivity contribution < 1.29 is 18.0 Å². The quantitative estimate of drug-likeness (QED) is 0.839. The monoisotopic (exact) mass is 292 g/mol. The second-order valence-corrected chi connectivity index (χ2v) is 6.14. The minimum atomic E-state index is -4.11. The molecule has 0 spiro atoms. The molecule has 2 fully saturated rings. The Labute approximate surface area is 117 Å². The van der Waals surface area contributed by atoms with Gasteiger partial charge < -0.3 is 10.6 Å². The van der Waals surface area contributed by atoms with E-state index < -0.39 is 12.1 Å². The van der Waals surface area contributed by atoms with Gasteiger partial charge in [0.15, 0.2) is 0 Å². The molecule has 20 heavy (non-hydrogen) atoms. The van der Waals surface area contributed by atoms with Crippen molar-refractivity contribution in [3.63, 3.8) is 0 Å². The molecule has 0 radical (unpaired) electrons. The van der Waals surface area contributed by atoms with Gasteiger partial charge in [0, 0.05) is 12.0 Å². The van der Waals surface area contributed by atoms with E-state index in [1.165, 1.54) is 0 Å². The highest BCUT2D eigenvalue weighted by molar-refractivity contribution is 5.79. The average Bonchev–Trinajstić information content (AvgIpc) is 2.91. The number of amides is 1. The summed E-state index contributed by atoms with van der Waals surface area (Å²) < 4.78 is 37.7. The van der Waals surface area contributed by atoms with Gasteiger partial charge in [-0.15, -0.1) is 0 Å². The Hall–Kier alpha value is -0.780. The summed E-state index contributed by atoms with van der Waals surface area (Å²) in [5.41, 5.74) is 0. The average molecular weight is 292 g/mol. The lowest BCUT2D eigenvalue weighted by Gasteiger charge is -2.30. The molecular formula is C14H23F3N2O. The third-order valence-electron chi connectivity index (χ3n) is 4.74. The number of nitrogens with one attached hydrogen (secondary N) is 2. The Balaban J connectivity index is 1.77. The fourth-order valence-corrected chi connectivity index (χ4v) is 3.25. The van der Waals surface area contributed by atoms with E-state index in [1.54, 1.807) is 0 Å². The Morgan fingerprint density at radius 3 is 2.35 bits per heavy atom. The van der Waals surface area contributed by atoms with Crippen LogP contribution in [0, 0.1) is 17.8 Å². The number of carbonyl (C=O) groups excluding carboxylic acids is 1. The van der Waals surface area contributed by atoms with Crippen LogP contribution < -0.4 is 10.6 Å². The predicted octanol–water partition coefficient (Wildman–Crippen LogP) is 2.47. The van der Waals surface area contributed by atoms with Gasteiger partial charge in [-0.2, -0.15) is 13.2 Å². The van der Waals surface area contributed by atoms with Crippen LogP contribution in [0.2, 0.25) is 0 Å². The second kappa shape index (κ2) is 6.33. The van der Waals surface area contributed by atoms with Gasteiger partial charge in [-0.1, -0.05) is 0 Å². The molecule has 2 N–H and O–H groups in total. The van der Waals surface area contributed by atoms with Crippen LogP contribution in [0.4, 0.5) is 13.2 Å². The zero-order valence-electron chi connectivity index (χ0n) is 11.8. The molecule has 116 valence electrons. The second-order valence-electron chi connectivity index (χ2n) is 6.14. The molecule has 1 amide bonds. The lowest BCUT2D eigenvalue weighted by Crippen LogP contribution is -2.43. The molecule has 1 aliphatic carbocycles. The third kappa shape index (κ3) is 3.87. The van der Waals surface area contributed by atoms with E-state index >= 15 is 0 Å². The minimum absolute atomic E-state index is 0.0648. The number of halogens is 3. The fraction of sp³-hybridized carbons (Fsp3) is 0.929. The van der Waals surface area contributed by atoms with E-state index in [9.17, 15) is 18.0 Å². The van der Waals surface area contributed by atoms with Crippen LogP contribution in [0.15, 0.2) is 0 Å². The highest BCUT2D eigenvalue weighted by Gasteiger charge is 2.42. The van der Waals surface area contributed by atoms with E-state index in [-0.39, 0.29) is 30.7 Å². The zero-order chi connectivity index (χ0) is 14.8. The maximum Gasteiger partial charge on any atom is 0.391 e. The molecule has 1 aliphatic heterocycles. The summed E-state index contributed by atoms with van der Waals surface area (Å²) in [7, 11) is 0. The SMILES string of the molecule is CC(NC(=O)C1CCC(C(F)(F)F)CC1)C1CCNC1. The highest BCUT2D eigenvalue weighted by atomic mass is 19.4. The summed E-state index contributed by atoms with van der Waals surface area (Å²) in [6, 6.07) is 0.0952. The molecule has 2 unspecified atom stereocenters. The molecule has 0 aromatic heterocycles. The molecule has 2 rings (SSSR count). The molecule has 0 aromatic carbocycles. The van der Waals surface area contributed by atoms with E-state index in [4.69, 9.17) is 0 Å². The summed E-state index contributed by atoms with van der Waals surface area (Å²) in [6.45, 7) is 3.86.